The number of methoxy groups -OCH3 is 1. The molecule has 2 amide bonds. The Morgan fingerprint density at radius 2 is 1.92 bits per heavy atom. The number of fused-ring (bicyclic) bond motifs is 1. The number of piperidine rings is 1. The van der Waals surface area contributed by atoms with Crippen LogP contribution in [0, 0.1) is 11.8 Å². The van der Waals surface area contributed by atoms with E-state index in [2.05, 4.69) is 27.8 Å². The molecule has 0 spiro atoms. The van der Waals surface area contributed by atoms with Crippen molar-refractivity contribution < 1.29 is 41.8 Å². The highest BCUT2D eigenvalue weighted by molar-refractivity contribution is 7.59. The Morgan fingerprint density at radius 3 is 2.56 bits per heavy atom. The fourth-order valence-corrected chi connectivity index (χ4v) is 5.32. The molecule has 0 aliphatic carbocycles. The van der Waals surface area contributed by atoms with Crippen molar-refractivity contribution in [2.24, 2.45) is 5.73 Å². The van der Waals surface area contributed by atoms with Gasteiger partial charge in [0.15, 0.2) is 0 Å². The molecule has 0 saturated carbocycles. The number of carbonyl (C=O) groups excluding carboxylic acids is 2. The van der Waals surface area contributed by atoms with Gasteiger partial charge in [-0.2, -0.15) is 26.7 Å². The van der Waals surface area contributed by atoms with E-state index in [4.69, 9.17) is 10.5 Å². The van der Waals surface area contributed by atoms with Crippen molar-refractivity contribution in [1.82, 2.24) is 14.8 Å². The maximum Gasteiger partial charge on any atom is 0.406 e. The number of hydrogen-bond acceptors (Lipinski definition) is 7. The molecule has 1 fully saturated rings. The number of nitrogens with two attached hydrogens (primary N) is 1. The zero-order valence-corrected chi connectivity index (χ0v) is 27.3. The third-order valence-corrected chi connectivity index (χ3v) is 7.70. The van der Waals surface area contributed by atoms with Gasteiger partial charge in [-0.1, -0.05) is 12.0 Å². The molecule has 4 rings (SSSR count). The SMILES string of the molecule is COc1cc(C(=O)N[C@@H](CCC(N)=O)C(=O)O)ccc1NCC#Cc1cc2c(N[C@@H]3CCN(C)C[C@@H]3F)cccc2n1CC(F)(F)F.S. The predicted molar refractivity (Wildman–Crippen MR) is 178 cm³/mol. The number of carbonyl (C=O) groups is 3. The number of hydrogen-bond donors (Lipinski definition) is 5. The van der Waals surface area contributed by atoms with E-state index >= 15 is 0 Å². The van der Waals surface area contributed by atoms with E-state index in [0.717, 1.165) is 4.57 Å². The van der Waals surface area contributed by atoms with Gasteiger partial charge >= 0.3 is 12.1 Å². The number of anilines is 2. The van der Waals surface area contributed by atoms with Crippen LogP contribution in [0.25, 0.3) is 10.9 Å². The maximum atomic E-state index is 14.7. The lowest BCUT2D eigenvalue weighted by atomic mass is 10.0. The van der Waals surface area contributed by atoms with Gasteiger partial charge in [0.2, 0.25) is 5.91 Å². The molecule has 16 heteroatoms. The second kappa shape index (κ2) is 16.5. The first-order valence-electron chi connectivity index (χ1n) is 14.8. The summed E-state index contributed by atoms with van der Waals surface area (Å²) in [5.74, 6) is 3.13. The number of carboxylic acid groups (broad SMARTS) is 1. The van der Waals surface area contributed by atoms with Gasteiger partial charge in [-0.05, 0) is 62.2 Å². The van der Waals surface area contributed by atoms with Crippen LogP contribution >= 0.6 is 13.5 Å². The second-order valence-corrected chi connectivity index (χ2v) is 11.2. The molecule has 0 bridgehead atoms. The Kier molecular flexibility index (Phi) is 13.0. The Hall–Kier alpha value is -4.62. The smallest absolute Gasteiger partial charge is 0.406 e. The summed E-state index contributed by atoms with van der Waals surface area (Å²) >= 11 is 0. The number of primary amides is 1. The number of halogens is 4. The molecular weight excluding hydrogens is 656 g/mol. The van der Waals surface area contributed by atoms with E-state index in [-0.39, 0.29) is 56.4 Å². The van der Waals surface area contributed by atoms with E-state index in [1.54, 1.807) is 24.3 Å². The number of carboxylic acids is 1. The zero-order chi connectivity index (χ0) is 34.3. The van der Waals surface area contributed by atoms with Gasteiger partial charge in [0.05, 0.1) is 36.6 Å². The summed E-state index contributed by atoms with van der Waals surface area (Å²) in [4.78, 5) is 37.1. The van der Waals surface area contributed by atoms with Crippen LogP contribution in [0.15, 0.2) is 42.5 Å². The van der Waals surface area contributed by atoms with Crippen LogP contribution in [-0.2, 0) is 16.1 Å². The van der Waals surface area contributed by atoms with E-state index in [1.807, 2.05) is 11.9 Å². The molecule has 3 aromatic rings. The molecule has 1 aromatic heterocycles. The van der Waals surface area contributed by atoms with Crippen LogP contribution < -0.4 is 26.4 Å². The molecule has 0 unspecified atom stereocenters. The van der Waals surface area contributed by atoms with Crippen molar-refractivity contribution in [2.75, 3.05) is 44.4 Å². The Bertz CT molecular complexity index is 1690. The molecule has 1 aliphatic heterocycles. The van der Waals surface area contributed by atoms with Crippen LogP contribution in [0.2, 0.25) is 0 Å². The van der Waals surface area contributed by atoms with Gasteiger partial charge in [-0.3, -0.25) is 9.59 Å². The molecule has 3 atom stereocenters. The largest absolute Gasteiger partial charge is 0.495 e. The van der Waals surface area contributed by atoms with Gasteiger partial charge in [0.25, 0.3) is 5.91 Å². The van der Waals surface area contributed by atoms with Crippen molar-refractivity contribution in [1.29, 1.82) is 0 Å². The average Bonchev–Trinajstić information content (AvgIpc) is 3.34. The number of ether oxygens (including phenoxy) is 1. The van der Waals surface area contributed by atoms with Gasteiger partial charge in [-0.15, -0.1) is 0 Å². The lowest BCUT2D eigenvalue weighted by Gasteiger charge is -2.33. The number of nitrogens with one attached hydrogen (secondary N) is 3. The first kappa shape index (κ1) is 37.8. The van der Waals surface area contributed by atoms with Crippen LogP contribution in [-0.4, -0.2) is 90.6 Å². The molecule has 48 heavy (non-hydrogen) atoms. The molecule has 11 nitrogen and oxygen atoms in total. The normalized spacial score (nSPS) is 17.0. The van der Waals surface area contributed by atoms with Crippen LogP contribution in [0.5, 0.6) is 5.75 Å². The minimum Gasteiger partial charge on any atom is -0.495 e. The van der Waals surface area contributed by atoms with Crippen molar-refractivity contribution >= 4 is 53.6 Å². The van der Waals surface area contributed by atoms with E-state index in [1.165, 1.54) is 25.3 Å². The summed E-state index contributed by atoms with van der Waals surface area (Å²) in [6.07, 6.45) is -5.51. The topological polar surface area (TPSA) is 151 Å². The third kappa shape index (κ3) is 9.94. The number of benzene rings is 2. The Morgan fingerprint density at radius 1 is 1.17 bits per heavy atom. The molecule has 0 radical (unpaired) electrons. The molecule has 260 valence electrons. The highest BCUT2D eigenvalue weighted by atomic mass is 32.1. The van der Waals surface area contributed by atoms with Gasteiger partial charge < -0.3 is 41.0 Å². The fraction of sp³-hybridized carbons (Fsp3) is 0.406. The Labute approximate surface area is 281 Å². The van der Waals surface area contributed by atoms with Crippen molar-refractivity contribution in [3.05, 3.63) is 53.7 Å². The first-order chi connectivity index (χ1) is 22.3. The molecule has 2 aromatic carbocycles. The lowest BCUT2D eigenvalue weighted by molar-refractivity contribution is -0.140. The minimum absolute atomic E-state index is 0. The summed E-state index contributed by atoms with van der Waals surface area (Å²) in [7, 11) is 3.19. The third-order valence-electron chi connectivity index (χ3n) is 7.70. The number of rotatable bonds is 12. The van der Waals surface area contributed by atoms with Gasteiger partial charge in [-0.25, -0.2) is 9.18 Å². The summed E-state index contributed by atoms with van der Waals surface area (Å²) in [5.41, 5.74) is 6.54. The maximum absolute atomic E-state index is 14.7. The molecule has 1 saturated heterocycles. The van der Waals surface area contributed by atoms with Crippen LogP contribution in [0.4, 0.5) is 28.9 Å². The van der Waals surface area contributed by atoms with Crippen LogP contribution in [0.1, 0.15) is 35.3 Å². The highest BCUT2D eigenvalue weighted by Crippen LogP contribution is 2.32. The molecule has 2 heterocycles. The van der Waals surface area contributed by atoms with Crippen LogP contribution in [0.3, 0.4) is 0 Å². The number of aromatic nitrogens is 1. The molecule has 1 aliphatic rings. The monoisotopic (exact) mass is 694 g/mol. The number of nitrogens with zero attached hydrogens (tertiary/aromatic N) is 2. The standard InChI is InChI=1S/C32H36F4N6O5.H2S/c1-41-14-12-24(22(33)17-41)39-23-6-3-7-27-21(23)16-20(42(27)18-32(34,35)36)5-4-13-38-25-9-8-19(15-28(25)47-2)30(44)40-26(31(45)46)10-11-29(37)43;/h3,6-9,15-16,22,24,26,38-39H,10-14,17-18H2,1-2H3,(H2,37,43)(H,40,44)(H,45,46);1H2/t22-,24+,26-;/m0./s1. The summed E-state index contributed by atoms with van der Waals surface area (Å²) in [6.45, 7) is -0.318. The first-order valence-corrected chi connectivity index (χ1v) is 14.8. The molecule has 6 N–H and O–H groups in total. The average molecular weight is 695 g/mol. The number of amides is 2. The predicted octanol–water partition coefficient (Wildman–Crippen LogP) is 3.69. The second-order valence-electron chi connectivity index (χ2n) is 11.2. The zero-order valence-electron chi connectivity index (χ0n) is 26.3. The minimum atomic E-state index is -4.52. The fourth-order valence-electron chi connectivity index (χ4n) is 5.32. The summed E-state index contributed by atoms with van der Waals surface area (Å²) in [5, 5.41) is 18.4. The summed E-state index contributed by atoms with van der Waals surface area (Å²) < 4.78 is 62.0. The number of aliphatic carboxylic acids is 1. The van der Waals surface area contributed by atoms with E-state index in [9.17, 15) is 37.1 Å². The van der Waals surface area contributed by atoms with Crippen molar-refractivity contribution in [3.8, 4) is 17.6 Å². The quantitative estimate of drug-likeness (QED) is 0.142. The van der Waals surface area contributed by atoms with E-state index < -0.39 is 48.8 Å². The number of likely N-dealkylation sites (tertiary alicyclic amines) is 1. The summed E-state index contributed by atoms with van der Waals surface area (Å²) in [6, 6.07) is 8.95. The van der Waals surface area contributed by atoms with Gasteiger partial charge in [0.1, 0.15) is 24.5 Å². The van der Waals surface area contributed by atoms with Crippen molar-refractivity contribution in [3.63, 3.8) is 0 Å². The van der Waals surface area contributed by atoms with Crippen molar-refractivity contribution in [2.45, 2.75) is 50.2 Å². The number of alkyl halides is 4. The highest BCUT2D eigenvalue weighted by Gasteiger charge is 2.31. The Balaban J connectivity index is 0.00000625. The van der Waals surface area contributed by atoms with E-state index in [0.29, 0.717) is 35.2 Å². The molecular formula is C32H38F4N6O5S. The lowest BCUT2D eigenvalue weighted by Crippen LogP contribution is -2.46. The van der Waals surface area contributed by atoms with Gasteiger partial charge in [0, 0.05) is 36.1 Å².